The molecule has 1 heterocycles. The minimum absolute atomic E-state index is 0.0189. The van der Waals surface area contributed by atoms with Crippen LogP contribution in [0.4, 0.5) is 5.82 Å². The first-order valence-electron chi connectivity index (χ1n) is 5.25. The fraction of sp³-hybridized carbons (Fsp3) is 0.636. The molecule has 1 aromatic rings. The molecule has 0 fully saturated rings. The molecule has 0 bridgehead atoms. The maximum absolute atomic E-state index is 8.98. The summed E-state index contributed by atoms with van der Waals surface area (Å²) in [7, 11) is 0. The summed E-state index contributed by atoms with van der Waals surface area (Å²) < 4.78 is 0.750. The summed E-state index contributed by atoms with van der Waals surface area (Å²) in [5.41, 5.74) is -0.0946. The van der Waals surface area contributed by atoms with Crippen molar-refractivity contribution in [3.05, 3.63) is 16.5 Å². The highest BCUT2D eigenvalue weighted by Crippen LogP contribution is 2.22. The van der Waals surface area contributed by atoms with Crippen LogP contribution in [-0.2, 0) is 5.41 Å². The van der Waals surface area contributed by atoms with Crippen LogP contribution in [0.2, 0.25) is 0 Å². The van der Waals surface area contributed by atoms with Gasteiger partial charge in [0.15, 0.2) is 0 Å². The molecule has 4 nitrogen and oxygen atoms in total. The van der Waals surface area contributed by atoms with E-state index in [-0.39, 0.29) is 18.1 Å². The molecule has 1 aromatic heterocycles. The number of halogens is 1. The van der Waals surface area contributed by atoms with Crippen molar-refractivity contribution in [3.8, 4) is 0 Å². The average molecular weight is 288 g/mol. The van der Waals surface area contributed by atoms with Crippen LogP contribution in [0.5, 0.6) is 0 Å². The Labute approximate surface area is 105 Å². The Morgan fingerprint density at radius 1 is 1.44 bits per heavy atom. The Balaban J connectivity index is 2.99. The van der Waals surface area contributed by atoms with E-state index in [1.807, 2.05) is 6.92 Å². The highest BCUT2D eigenvalue weighted by atomic mass is 79.9. The molecule has 1 atom stereocenters. The molecule has 0 radical (unpaired) electrons. The number of anilines is 1. The van der Waals surface area contributed by atoms with E-state index in [2.05, 4.69) is 52.0 Å². The van der Waals surface area contributed by atoms with Gasteiger partial charge in [-0.05, 0) is 22.9 Å². The van der Waals surface area contributed by atoms with Crippen molar-refractivity contribution in [3.63, 3.8) is 0 Å². The predicted molar refractivity (Wildman–Crippen MR) is 68.6 cm³/mol. The van der Waals surface area contributed by atoms with Crippen molar-refractivity contribution in [2.75, 3.05) is 11.9 Å². The molecule has 0 aliphatic carbocycles. The van der Waals surface area contributed by atoms with Gasteiger partial charge in [0.25, 0.3) is 0 Å². The Hall–Kier alpha value is -0.680. The van der Waals surface area contributed by atoms with E-state index in [0.717, 1.165) is 16.2 Å². The third-order valence-electron chi connectivity index (χ3n) is 2.03. The van der Waals surface area contributed by atoms with Gasteiger partial charge in [-0.2, -0.15) is 0 Å². The van der Waals surface area contributed by atoms with Gasteiger partial charge in [0, 0.05) is 17.5 Å². The van der Waals surface area contributed by atoms with Crippen molar-refractivity contribution >= 4 is 21.7 Å². The molecule has 1 rings (SSSR count). The van der Waals surface area contributed by atoms with Crippen LogP contribution in [0.15, 0.2) is 10.7 Å². The third-order valence-corrected chi connectivity index (χ3v) is 2.44. The van der Waals surface area contributed by atoms with Crippen molar-refractivity contribution in [2.45, 2.75) is 39.2 Å². The topological polar surface area (TPSA) is 58.0 Å². The molecule has 0 spiro atoms. The van der Waals surface area contributed by atoms with Gasteiger partial charge < -0.3 is 10.4 Å². The summed E-state index contributed by atoms with van der Waals surface area (Å²) in [6.07, 6.45) is 0. The van der Waals surface area contributed by atoms with Crippen molar-refractivity contribution in [1.29, 1.82) is 0 Å². The molecule has 90 valence electrons. The van der Waals surface area contributed by atoms with E-state index in [1.54, 1.807) is 6.07 Å². The van der Waals surface area contributed by atoms with Crippen LogP contribution >= 0.6 is 15.9 Å². The predicted octanol–water partition coefficient (Wildman–Crippen LogP) is 2.33. The summed E-state index contributed by atoms with van der Waals surface area (Å²) in [6, 6.07) is 1.79. The second-order valence-corrected chi connectivity index (χ2v) is 5.69. The number of nitrogens with one attached hydrogen (secondary N) is 1. The zero-order valence-corrected chi connectivity index (χ0v) is 11.7. The Morgan fingerprint density at radius 3 is 2.56 bits per heavy atom. The average Bonchev–Trinajstić information content (AvgIpc) is 2.15. The monoisotopic (exact) mass is 287 g/mol. The fourth-order valence-electron chi connectivity index (χ4n) is 1.13. The third kappa shape index (κ3) is 3.72. The molecule has 1 unspecified atom stereocenters. The fourth-order valence-corrected chi connectivity index (χ4v) is 1.51. The van der Waals surface area contributed by atoms with Crippen LogP contribution in [0, 0.1) is 0 Å². The van der Waals surface area contributed by atoms with E-state index >= 15 is 0 Å². The lowest BCUT2D eigenvalue weighted by Crippen LogP contribution is -2.22. The summed E-state index contributed by atoms with van der Waals surface area (Å²) in [5, 5.41) is 12.1. The van der Waals surface area contributed by atoms with E-state index in [1.165, 1.54) is 0 Å². The quantitative estimate of drug-likeness (QED) is 0.838. The zero-order valence-electron chi connectivity index (χ0n) is 10.1. The van der Waals surface area contributed by atoms with E-state index in [9.17, 15) is 0 Å². The van der Waals surface area contributed by atoms with Crippen LogP contribution in [0.25, 0.3) is 0 Å². The summed E-state index contributed by atoms with van der Waals surface area (Å²) in [5.74, 6) is 1.50. The first-order chi connectivity index (χ1) is 7.32. The van der Waals surface area contributed by atoms with Gasteiger partial charge in [0.2, 0.25) is 0 Å². The van der Waals surface area contributed by atoms with E-state index < -0.39 is 0 Å². The lowest BCUT2D eigenvalue weighted by molar-refractivity contribution is 0.281. The standard InChI is InChI=1S/C11H18BrN3O/c1-7(6-16)13-9-5-8(12)14-10(15-9)11(2,3)4/h5,7,16H,6H2,1-4H3,(H,13,14,15). The molecule has 0 saturated carbocycles. The molecule has 0 amide bonds. The number of aromatic nitrogens is 2. The second kappa shape index (κ2) is 5.10. The summed E-state index contributed by atoms with van der Waals surface area (Å²) in [6.45, 7) is 8.16. The van der Waals surface area contributed by atoms with Gasteiger partial charge in [-0.15, -0.1) is 0 Å². The van der Waals surface area contributed by atoms with Gasteiger partial charge in [-0.25, -0.2) is 9.97 Å². The minimum Gasteiger partial charge on any atom is -0.394 e. The Bertz CT molecular complexity index is 363. The highest BCUT2D eigenvalue weighted by Gasteiger charge is 2.18. The smallest absolute Gasteiger partial charge is 0.137 e. The Kier molecular flexibility index (Phi) is 4.27. The molecule has 0 aliphatic rings. The highest BCUT2D eigenvalue weighted by molar-refractivity contribution is 9.10. The first-order valence-corrected chi connectivity index (χ1v) is 6.04. The molecule has 16 heavy (non-hydrogen) atoms. The largest absolute Gasteiger partial charge is 0.394 e. The maximum Gasteiger partial charge on any atom is 0.137 e. The van der Waals surface area contributed by atoms with Crippen LogP contribution in [0.1, 0.15) is 33.5 Å². The van der Waals surface area contributed by atoms with Crippen molar-refractivity contribution in [2.24, 2.45) is 0 Å². The van der Waals surface area contributed by atoms with Crippen LogP contribution in [0.3, 0.4) is 0 Å². The molecule has 0 aromatic carbocycles. The molecular weight excluding hydrogens is 270 g/mol. The van der Waals surface area contributed by atoms with Gasteiger partial charge in [0.1, 0.15) is 16.2 Å². The summed E-state index contributed by atoms with van der Waals surface area (Å²) in [4.78, 5) is 8.77. The molecule has 0 aliphatic heterocycles. The normalized spacial score (nSPS) is 13.6. The molecule has 2 N–H and O–H groups in total. The number of rotatable bonds is 3. The van der Waals surface area contributed by atoms with E-state index in [4.69, 9.17) is 5.11 Å². The molecular formula is C11H18BrN3O. The van der Waals surface area contributed by atoms with E-state index in [0.29, 0.717) is 0 Å². The number of hydrogen-bond acceptors (Lipinski definition) is 4. The first kappa shape index (κ1) is 13.4. The maximum atomic E-state index is 8.98. The minimum atomic E-state index is -0.0946. The van der Waals surface area contributed by atoms with Crippen molar-refractivity contribution in [1.82, 2.24) is 9.97 Å². The van der Waals surface area contributed by atoms with Crippen molar-refractivity contribution < 1.29 is 5.11 Å². The second-order valence-electron chi connectivity index (χ2n) is 4.88. The zero-order chi connectivity index (χ0) is 12.3. The number of aliphatic hydroxyl groups is 1. The van der Waals surface area contributed by atoms with Gasteiger partial charge in [-0.3, -0.25) is 0 Å². The van der Waals surface area contributed by atoms with Gasteiger partial charge >= 0.3 is 0 Å². The molecule has 0 saturated heterocycles. The van der Waals surface area contributed by atoms with Crippen LogP contribution < -0.4 is 5.32 Å². The summed E-state index contributed by atoms with van der Waals surface area (Å²) >= 11 is 3.36. The lowest BCUT2D eigenvalue weighted by Gasteiger charge is -2.19. The van der Waals surface area contributed by atoms with Gasteiger partial charge in [-0.1, -0.05) is 20.8 Å². The number of aliphatic hydroxyl groups excluding tert-OH is 1. The molecule has 5 heteroatoms. The van der Waals surface area contributed by atoms with Crippen LogP contribution in [-0.4, -0.2) is 27.7 Å². The number of nitrogens with zero attached hydrogens (tertiary/aromatic N) is 2. The van der Waals surface area contributed by atoms with Gasteiger partial charge in [0.05, 0.1) is 6.61 Å². The Morgan fingerprint density at radius 2 is 2.06 bits per heavy atom. The lowest BCUT2D eigenvalue weighted by atomic mass is 9.96. The SMILES string of the molecule is CC(CO)Nc1cc(Br)nc(C(C)(C)C)n1. The number of hydrogen-bond donors (Lipinski definition) is 2.